The smallest absolute Gasteiger partial charge is 0.341 e. The Bertz CT molecular complexity index is 1560. The Balaban J connectivity index is 0.000000332. The number of carbonyl (C=O) groups is 1. The molecule has 1 saturated heterocycles. The van der Waals surface area contributed by atoms with Crippen molar-refractivity contribution in [2.24, 2.45) is 0 Å². The second kappa shape index (κ2) is 11.1. The molecule has 1 aliphatic carbocycles. The summed E-state index contributed by atoms with van der Waals surface area (Å²) in [7, 11) is 1.96. The number of aromatic nitrogens is 5. The quantitative estimate of drug-likeness (QED) is 0.279. The molecule has 0 radical (unpaired) electrons. The molecule has 9 nitrogen and oxygen atoms in total. The lowest BCUT2D eigenvalue weighted by Crippen LogP contribution is -2.60. The first kappa shape index (κ1) is 26.1. The largest absolute Gasteiger partial charge is 0.420 e. The molecule has 3 N–H and O–H groups in total. The van der Waals surface area contributed by atoms with E-state index in [9.17, 15) is 13.6 Å². The van der Waals surface area contributed by atoms with E-state index in [1.54, 1.807) is 12.5 Å². The highest BCUT2D eigenvalue weighted by Gasteiger charge is 2.38. The van der Waals surface area contributed by atoms with E-state index in [-0.39, 0.29) is 6.03 Å². The Labute approximate surface area is 224 Å². The van der Waals surface area contributed by atoms with Crippen LogP contribution in [0.15, 0.2) is 73.2 Å². The monoisotopic (exact) mass is 531 g/mol. The third-order valence-corrected chi connectivity index (χ3v) is 6.80. The predicted octanol–water partition coefficient (Wildman–Crippen LogP) is 5.99. The zero-order chi connectivity index (χ0) is 27.4. The fourth-order valence-corrected chi connectivity index (χ4v) is 4.33. The molecular weight excluding hydrogens is 502 g/mol. The van der Waals surface area contributed by atoms with Gasteiger partial charge >= 0.3 is 6.03 Å². The summed E-state index contributed by atoms with van der Waals surface area (Å²) in [6, 6.07) is 9.67. The van der Waals surface area contributed by atoms with Gasteiger partial charge in [-0.05, 0) is 48.9 Å². The summed E-state index contributed by atoms with van der Waals surface area (Å²) >= 11 is 0. The minimum atomic E-state index is -1.11. The molecule has 39 heavy (non-hydrogen) atoms. The number of pyridine rings is 1. The molecule has 1 aliphatic heterocycles. The van der Waals surface area contributed by atoms with Gasteiger partial charge in [0.1, 0.15) is 35.4 Å². The summed E-state index contributed by atoms with van der Waals surface area (Å²) in [6.07, 6.45) is 8.84. The van der Waals surface area contributed by atoms with Crippen LogP contribution in [0.3, 0.4) is 0 Å². The number of halogens is 2. The van der Waals surface area contributed by atoms with Gasteiger partial charge in [-0.1, -0.05) is 12.1 Å². The number of hydrogen-bond acceptors (Lipinski definition) is 6. The molecule has 2 aliphatic rings. The number of quaternary nitrogens is 1. The minimum Gasteiger partial charge on any atom is -0.341 e. The molecule has 2 amide bonds. The maximum Gasteiger partial charge on any atom is 0.420 e. The van der Waals surface area contributed by atoms with E-state index in [4.69, 9.17) is 0 Å². The summed E-state index contributed by atoms with van der Waals surface area (Å²) in [5.74, 6) is 0.189. The summed E-state index contributed by atoms with van der Waals surface area (Å²) < 4.78 is 24.5. The molecule has 1 atom stereocenters. The lowest BCUT2D eigenvalue weighted by atomic mass is 10.1. The zero-order valence-electron chi connectivity index (χ0n) is 21.7. The third-order valence-electron chi connectivity index (χ3n) is 6.80. The van der Waals surface area contributed by atoms with Crippen molar-refractivity contribution in [3.05, 3.63) is 78.8 Å². The average Bonchev–Trinajstić information content (AvgIpc) is 3.39. The molecule has 1 fully saturated rings. The molecule has 11 heteroatoms. The van der Waals surface area contributed by atoms with E-state index in [1.807, 2.05) is 44.3 Å². The molecule has 0 saturated carbocycles. The van der Waals surface area contributed by atoms with Crippen LogP contribution in [0.1, 0.15) is 18.4 Å². The number of allylic oxidation sites excluding steroid dienone is 4. The number of nitrogens with zero attached hydrogens (tertiary/aromatic N) is 5. The second-order valence-corrected chi connectivity index (χ2v) is 9.71. The van der Waals surface area contributed by atoms with Crippen molar-refractivity contribution in [1.82, 2.24) is 24.9 Å². The van der Waals surface area contributed by atoms with Gasteiger partial charge in [-0.15, -0.1) is 0 Å². The summed E-state index contributed by atoms with van der Waals surface area (Å²) in [5.41, 5.74) is 5.54. The zero-order valence-corrected chi connectivity index (χ0v) is 21.7. The number of rotatable bonds is 4. The molecule has 0 bridgehead atoms. The van der Waals surface area contributed by atoms with E-state index in [1.165, 1.54) is 18.5 Å². The van der Waals surface area contributed by atoms with E-state index in [0.717, 1.165) is 59.3 Å². The van der Waals surface area contributed by atoms with Crippen LogP contribution < -0.4 is 10.6 Å². The number of carbonyl (C=O) groups excluding carboxylic acids is 1. The second-order valence-electron chi connectivity index (χ2n) is 9.71. The summed E-state index contributed by atoms with van der Waals surface area (Å²) in [6.45, 7) is 3.76. The van der Waals surface area contributed by atoms with E-state index in [0.29, 0.717) is 22.4 Å². The number of alkyl halides is 1. The summed E-state index contributed by atoms with van der Waals surface area (Å²) in [4.78, 5) is 33.1. The highest BCUT2D eigenvalue weighted by atomic mass is 19.1. The number of fused-ring (bicyclic) bond motifs is 1. The number of aryl methyl sites for hydroxylation is 1. The molecule has 6 rings (SSSR count). The molecule has 4 heterocycles. The number of benzene rings is 1. The lowest BCUT2D eigenvalue weighted by Gasteiger charge is -2.38. The molecule has 200 valence electrons. The van der Waals surface area contributed by atoms with Gasteiger partial charge in [-0.25, -0.2) is 38.0 Å². The number of amides is 2. The van der Waals surface area contributed by atoms with Crippen LogP contribution in [0.25, 0.3) is 22.4 Å². The number of H-pyrrole nitrogens is 1. The van der Waals surface area contributed by atoms with Gasteiger partial charge in [0.25, 0.3) is 0 Å². The van der Waals surface area contributed by atoms with Crippen molar-refractivity contribution < 1.29 is 18.1 Å². The number of nitrogens with one attached hydrogen (secondary N) is 3. The highest BCUT2D eigenvalue weighted by Crippen LogP contribution is 2.32. The van der Waals surface area contributed by atoms with Crippen molar-refractivity contribution in [3.63, 3.8) is 0 Å². The molecular formula is C28H29F2N8O+. The van der Waals surface area contributed by atoms with Gasteiger partial charge in [0.15, 0.2) is 5.65 Å². The Kier molecular flexibility index (Phi) is 7.42. The Morgan fingerprint density at radius 2 is 2.00 bits per heavy atom. The molecule has 1 aromatic carbocycles. The van der Waals surface area contributed by atoms with Gasteiger partial charge in [-0.3, -0.25) is 5.32 Å². The first-order valence-electron chi connectivity index (χ1n) is 12.6. The molecule has 4 aromatic rings. The Morgan fingerprint density at radius 3 is 2.72 bits per heavy atom. The maximum atomic E-state index is 12.6. The summed E-state index contributed by atoms with van der Waals surface area (Å²) in [5, 5.41) is 6.46. The van der Waals surface area contributed by atoms with Crippen LogP contribution in [0.4, 0.5) is 30.8 Å². The number of hydrogen-bond donors (Lipinski definition) is 3. The van der Waals surface area contributed by atoms with Crippen LogP contribution in [0.2, 0.25) is 0 Å². The normalized spacial score (nSPS) is 17.4. The van der Waals surface area contributed by atoms with Gasteiger partial charge < -0.3 is 10.3 Å². The lowest BCUT2D eigenvalue weighted by molar-refractivity contribution is -0.867. The molecule has 0 spiro atoms. The van der Waals surface area contributed by atoms with Crippen molar-refractivity contribution >= 4 is 34.4 Å². The Hall–Kier alpha value is -4.51. The fraction of sp³-hybridized carbons (Fsp3) is 0.250. The topological polar surface area (TPSA) is 108 Å². The minimum absolute atomic E-state index is 0.0159. The van der Waals surface area contributed by atoms with E-state index < -0.39 is 12.0 Å². The maximum absolute atomic E-state index is 12.6. The van der Waals surface area contributed by atoms with E-state index in [2.05, 4.69) is 35.6 Å². The molecule has 1 unspecified atom stereocenters. The first-order chi connectivity index (χ1) is 18.8. The van der Waals surface area contributed by atoms with Gasteiger partial charge in [0, 0.05) is 36.0 Å². The van der Waals surface area contributed by atoms with Crippen molar-refractivity contribution in [2.45, 2.75) is 25.9 Å². The number of likely N-dealkylation sites (tertiary alicyclic amines) is 1. The van der Waals surface area contributed by atoms with Gasteiger partial charge in [-0.2, -0.15) is 0 Å². The number of urea groups is 1. The van der Waals surface area contributed by atoms with Crippen LogP contribution in [-0.2, 0) is 0 Å². The van der Waals surface area contributed by atoms with Crippen LogP contribution >= 0.6 is 0 Å². The van der Waals surface area contributed by atoms with Gasteiger partial charge in [0.2, 0.25) is 0 Å². The first-order valence-corrected chi connectivity index (χ1v) is 12.6. The number of aromatic amines is 1. The van der Waals surface area contributed by atoms with Crippen molar-refractivity contribution in [1.29, 1.82) is 0 Å². The highest BCUT2D eigenvalue weighted by molar-refractivity contribution is 5.92. The third kappa shape index (κ3) is 5.83. The molecule has 3 aromatic heterocycles. The number of anilines is 3. The standard InChI is InChI=1S/C22H22N8O.C6H6F2/c1-14-6-7-15(28-22(31)30(2)9-4-10-30)11-17(14)29-20-16(5-3-8-23-20)18-19-21(26-12-24-18)27-13-25-19;7-5-2-1-3-6(8)4-5/h3,5-8,11-13H,4,9-10H2,1-2H3,(H2-,23,24,25,26,27,28,29,31);1-2,4,6H,3H2/p+1. The van der Waals surface area contributed by atoms with Crippen molar-refractivity contribution in [3.8, 4) is 11.3 Å². The van der Waals surface area contributed by atoms with Gasteiger partial charge in [0.05, 0.1) is 26.5 Å². The van der Waals surface area contributed by atoms with Crippen molar-refractivity contribution in [2.75, 3.05) is 30.8 Å². The number of imidazole rings is 1. The predicted molar refractivity (Wildman–Crippen MR) is 147 cm³/mol. The van der Waals surface area contributed by atoms with Crippen LogP contribution in [0, 0.1) is 6.92 Å². The SMILES string of the molecule is Cc1ccc(NC(=O)[N+]2(C)CCC2)cc1Nc1ncccc1-c1ncnc2nc[nH]c12.FC1=CC(F)CC=C1. The Morgan fingerprint density at radius 1 is 1.15 bits per heavy atom. The van der Waals surface area contributed by atoms with E-state index >= 15 is 0 Å². The fourth-order valence-electron chi connectivity index (χ4n) is 4.33. The average molecular weight is 532 g/mol. The van der Waals surface area contributed by atoms with Crippen LogP contribution in [-0.4, -0.2) is 61.7 Å². The van der Waals surface area contributed by atoms with Crippen LogP contribution in [0.5, 0.6) is 0 Å².